The SMILES string of the molecule is CCOC(=O)Nc1ccc(NC(C)Cc2cn(Cc3ccccc3)c3ccccc23)nc1. The lowest BCUT2D eigenvalue weighted by Crippen LogP contribution is -2.19. The number of amides is 1. The average molecular weight is 429 g/mol. The van der Waals surface area contributed by atoms with Gasteiger partial charge in [-0.2, -0.15) is 0 Å². The van der Waals surface area contributed by atoms with E-state index in [9.17, 15) is 4.79 Å². The maximum atomic E-state index is 11.5. The van der Waals surface area contributed by atoms with Gasteiger partial charge in [0.1, 0.15) is 5.82 Å². The smallest absolute Gasteiger partial charge is 0.411 e. The quantitative estimate of drug-likeness (QED) is 0.378. The molecule has 0 bridgehead atoms. The van der Waals surface area contributed by atoms with Gasteiger partial charge in [-0.3, -0.25) is 5.32 Å². The molecule has 0 saturated carbocycles. The van der Waals surface area contributed by atoms with Crippen molar-refractivity contribution in [3.8, 4) is 0 Å². The zero-order valence-corrected chi connectivity index (χ0v) is 18.4. The Kier molecular flexibility index (Phi) is 6.70. The number of carbonyl (C=O) groups is 1. The third-order valence-corrected chi connectivity index (χ3v) is 5.27. The molecule has 1 atom stereocenters. The van der Waals surface area contributed by atoms with Gasteiger partial charge in [0.15, 0.2) is 0 Å². The lowest BCUT2D eigenvalue weighted by molar-refractivity contribution is 0.168. The number of carbonyl (C=O) groups excluding carboxylic acids is 1. The molecule has 1 amide bonds. The lowest BCUT2D eigenvalue weighted by Gasteiger charge is -2.14. The molecule has 0 aliphatic rings. The van der Waals surface area contributed by atoms with E-state index in [-0.39, 0.29) is 6.04 Å². The van der Waals surface area contributed by atoms with Crippen LogP contribution in [-0.4, -0.2) is 28.3 Å². The van der Waals surface area contributed by atoms with E-state index < -0.39 is 6.09 Å². The van der Waals surface area contributed by atoms with Crippen LogP contribution in [0.1, 0.15) is 25.0 Å². The Morgan fingerprint density at radius 3 is 2.59 bits per heavy atom. The minimum absolute atomic E-state index is 0.183. The van der Waals surface area contributed by atoms with E-state index in [2.05, 4.69) is 81.8 Å². The predicted molar refractivity (Wildman–Crippen MR) is 129 cm³/mol. The maximum Gasteiger partial charge on any atom is 0.411 e. The van der Waals surface area contributed by atoms with E-state index in [1.54, 1.807) is 13.1 Å². The molecule has 4 aromatic rings. The first-order chi connectivity index (χ1) is 15.6. The molecule has 0 saturated heterocycles. The molecule has 4 rings (SSSR count). The number of anilines is 2. The minimum atomic E-state index is -0.477. The molecular formula is C26H28N4O2. The van der Waals surface area contributed by atoms with Crippen molar-refractivity contribution in [1.29, 1.82) is 0 Å². The topological polar surface area (TPSA) is 68.2 Å². The summed E-state index contributed by atoms with van der Waals surface area (Å²) in [5, 5.41) is 7.38. The molecule has 32 heavy (non-hydrogen) atoms. The summed E-state index contributed by atoms with van der Waals surface area (Å²) in [6.45, 7) is 5.10. The van der Waals surface area contributed by atoms with Crippen molar-refractivity contribution in [1.82, 2.24) is 9.55 Å². The molecule has 0 spiro atoms. The van der Waals surface area contributed by atoms with E-state index >= 15 is 0 Å². The molecule has 1 unspecified atom stereocenters. The second kappa shape index (κ2) is 10.0. The molecule has 2 aromatic carbocycles. The molecule has 6 heteroatoms. The Morgan fingerprint density at radius 1 is 1.06 bits per heavy atom. The van der Waals surface area contributed by atoms with Gasteiger partial charge < -0.3 is 14.6 Å². The largest absolute Gasteiger partial charge is 0.450 e. The number of rotatable bonds is 8. The standard InChI is InChI=1S/C26H28N4O2/c1-3-32-26(31)29-22-13-14-25(27-16-22)28-19(2)15-21-18-30(17-20-9-5-4-6-10-20)24-12-8-7-11-23(21)24/h4-14,16,18-19H,3,15,17H2,1-2H3,(H,27,28)(H,29,31). The summed E-state index contributed by atoms with van der Waals surface area (Å²) in [6, 6.07) is 22.9. The molecule has 0 radical (unpaired) electrons. The summed E-state index contributed by atoms with van der Waals surface area (Å²) in [4.78, 5) is 15.9. The molecule has 0 fully saturated rings. The molecule has 6 nitrogen and oxygen atoms in total. The van der Waals surface area contributed by atoms with Crippen LogP contribution >= 0.6 is 0 Å². The van der Waals surface area contributed by atoms with Crippen LogP contribution in [0.5, 0.6) is 0 Å². The summed E-state index contributed by atoms with van der Waals surface area (Å²) in [6.07, 6.45) is 4.27. The fourth-order valence-corrected chi connectivity index (χ4v) is 3.87. The summed E-state index contributed by atoms with van der Waals surface area (Å²) < 4.78 is 7.21. The molecule has 2 N–H and O–H groups in total. The van der Waals surface area contributed by atoms with E-state index in [1.807, 2.05) is 18.2 Å². The van der Waals surface area contributed by atoms with Crippen LogP contribution in [0.2, 0.25) is 0 Å². The minimum Gasteiger partial charge on any atom is -0.450 e. The maximum absolute atomic E-state index is 11.5. The van der Waals surface area contributed by atoms with E-state index in [0.717, 1.165) is 18.8 Å². The number of aromatic nitrogens is 2. The average Bonchev–Trinajstić information content (AvgIpc) is 3.13. The zero-order valence-electron chi connectivity index (χ0n) is 18.4. The van der Waals surface area contributed by atoms with Crippen molar-refractivity contribution in [2.45, 2.75) is 32.9 Å². The Labute approximate surface area is 188 Å². The van der Waals surface area contributed by atoms with E-state index in [0.29, 0.717) is 12.3 Å². The first-order valence-electron chi connectivity index (χ1n) is 10.9. The van der Waals surface area contributed by atoms with Gasteiger partial charge in [-0.1, -0.05) is 48.5 Å². The van der Waals surface area contributed by atoms with Crippen molar-refractivity contribution in [3.05, 3.63) is 90.3 Å². The van der Waals surface area contributed by atoms with Gasteiger partial charge in [-0.25, -0.2) is 9.78 Å². The first kappa shape index (κ1) is 21.4. The molecule has 164 valence electrons. The van der Waals surface area contributed by atoms with Gasteiger partial charge in [-0.05, 0) is 49.6 Å². The highest BCUT2D eigenvalue weighted by molar-refractivity contribution is 5.85. The normalized spacial score (nSPS) is 11.8. The number of nitrogens with one attached hydrogen (secondary N) is 2. The number of fused-ring (bicyclic) bond motifs is 1. The Balaban J connectivity index is 1.44. The third kappa shape index (κ3) is 5.27. The van der Waals surface area contributed by atoms with Crippen molar-refractivity contribution in [3.63, 3.8) is 0 Å². The van der Waals surface area contributed by atoms with Crippen molar-refractivity contribution in [2.75, 3.05) is 17.2 Å². The van der Waals surface area contributed by atoms with Gasteiger partial charge in [0.2, 0.25) is 0 Å². The van der Waals surface area contributed by atoms with Crippen LogP contribution in [0, 0.1) is 0 Å². The number of pyridine rings is 1. The number of benzene rings is 2. The summed E-state index contributed by atoms with van der Waals surface area (Å²) in [5.74, 6) is 0.764. The Bertz CT molecular complexity index is 1170. The molecule has 2 aromatic heterocycles. The van der Waals surface area contributed by atoms with Gasteiger partial charge in [-0.15, -0.1) is 0 Å². The molecular weight excluding hydrogens is 400 g/mol. The first-order valence-corrected chi connectivity index (χ1v) is 10.9. The number of hydrogen-bond donors (Lipinski definition) is 2. The van der Waals surface area contributed by atoms with Crippen molar-refractivity contribution < 1.29 is 9.53 Å². The van der Waals surface area contributed by atoms with Crippen molar-refractivity contribution in [2.24, 2.45) is 0 Å². The van der Waals surface area contributed by atoms with Crippen LogP contribution < -0.4 is 10.6 Å². The van der Waals surface area contributed by atoms with Crippen LogP contribution in [0.25, 0.3) is 10.9 Å². The van der Waals surface area contributed by atoms with Crippen molar-refractivity contribution >= 4 is 28.5 Å². The zero-order chi connectivity index (χ0) is 22.3. The predicted octanol–water partition coefficient (Wildman–Crippen LogP) is 5.70. The fourth-order valence-electron chi connectivity index (χ4n) is 3.87. The van der Waals surface area contributed by atoms with Crippen LogP contribution in [0.4, 0.5) is 16.3 Å². The molecule has 2 heterocycles. The van der Waals surface area contributed by atoms with Gasteiger partial charge in [0.05, 0.1) is 18.5 Å². The van der Waals surface area contributed by atoms with E-state index in [1.165, 1.54) is 22.0 Å². The number of hydrogen-bond acceptors (Lipinski definition) is 4. The fraction of sp³-hybridized carbons (Fsp3) is 0.231. The summed E-state index contributed by atoms with van der Waals surface area (Å²) in [5.41, 5.74) is 4.43. The Hall–Kier alpha value is -3.80. The highest BCUT2D eigenvalue weighted by atomic mass is 16.5. The highest BCUT2D eigenvalue weighted by Crippen LogP contribution is 2.24. The van der Waals surface area contributed by atoms with Crippen LogP contribution in [0.15, 0.2) is 79.1 Å². The Morgan fingerprint density at radius 2 is 1.84 bits per heavy atom. The number of ether oxygens (including phenoxy) is 1. The molecule has 0 aliphatic heterocycles. The van der Waals surface area contributed by atoms with Crippen LogP contribution in [-0.2, 0) is 17.7 Å². The molecule has 0 aliphatic carbocycles. The number of para-hydroxylation sites is 1. The van der Waals surface area contributed by atoms with E-state index in [4.69, 9.17) is 4.74 Å². The monoisotopic (exact) mass is 428 g/mol. The summed E-state index contributed by atoms with van der Waals surface area (Å²) >= 11 is 0. The van der Waals surface area contributed by atoms with Crippen LogP contribution in [0.3, 0.4) is 0 Å². The lowest BCUT2D eigenvalue weighted by atomic mass is 10.1. The number of nitrogens with zero attached hydrogens (tertiary/aromatic N) is 2. The summed E-state index contributed by atoms with van der Waals surface area (Å²) in [7, 11) is 0. The third-order valence-electron chi connectivity index (χ3n) is 5.27. The second-order valence-electron chi connectivity index (χ2n) is 7.81. The second-order valence-corrected chi connectivity index (χ2v) is 7.81. The van der Waals surface area contributed by atoms with Gasteiger partial charge in [0, 0.05) is 29.7 Å². The van der Waals surface area contributed by atoms with Gasteiger partial charge >= 0.3 is 6.09 Å². The highest BCUT2D eigenvalue weighted by Gasteiger charge is 2.12. The van der Waals surface area contributed by atoms with Gasteiger partial charge in [0.25, 0.3) is 0 Å².